The van der Waals surface area contributed by atoms with Crippen molar-refractivity contribution in [3.8, 4) is 0 Å². The van der Waals surface area contributed by atoms with Crippen molar-refractivity contribution in [1.82, 2.24) is 9.97 Å². The normalized spacial score (nSPS) is 16.6. The summed E-state index contributed by atoms with van der Waals surface area (Å²) in [4.78, 5) is 7.15. The van der Waals surface area contributed by atoms with E-state index in [2.05, 4.69) is 15.3 Å². The average Bonchev–Trinajstić information content (AvgIpc) is 2.88. The molecule has 112 valence electrons. The van der Waals surface area contributed by atoms with Gasteiger partial charge in [0, 0.05) is 18.4 Å². The van der Waals surface area contributed by atoms with Gasteiger partial charge < -0.3 is 5.32 Å². The number of hydrogen-bond donors (Lipinski definition) is 1. The predicted octanol–water partition coefficient (Wildman–Crippen LogP) is 4.21. The van der Waals surface area contributed by atoms with Gasteiger partial charge in [-0.25, -0.2) is 9.97 Å². The second-order valence-corrected chi connectivity index (χ2v) is 5.94. The van der Waals surface area contributed by atoms with Crippen LogP contribution in [0.25, 0.3) is 0 Å². The Bertz CT molecular complexity index is 445. The second kappa shape index (κ2) is 6.65. The van der Waals surface area contributed by atoms with E-state index in [0.29, 0.717) is 17.5 Å². The topological polar surface area (TPSA) is 37.8 Å². The Hall–Kier alpha value is -0.980. The molecule has 0 amide bonds. The van der Waals surface area contributed by atoms with Crippen LogP contribution in [-0.2, 0) is 6.18 Å². The third-order valence-corrected chi connectivity index (χ3v) is 4.40. The van der Waals surface area contributed by atoms with Gasteiger partial charge in [-0.1, -0.05) is 12.8 Å². The van der Waals surface area contributed by atoms with E-state index in [4.69, 9.17) is 0 Å². The number of anilines is 1. The van der Waals surface area contributed by atoms with Crippen LogP contribution in [0.1, 0.15) is 38.4 Å². The standard InChI is InChI=1S/C13H18F3N3S/c1-2-17-10-7-11(19-12(18-10)13(14,15)16)20-8-9-5-3-4-6-9/h7,9H,2-6,8H2,1H3,(H,17,18,19). The van der Waals surface area contributed by atoms with Crippen molar-refractivity contribution >= 4 is 17.6 Å². The Morgan fingerprint density at radius 2 is 2.00 bits per heavy atom. The van der Waals surface area contributed by atoms with Gasteiger partial charge in [-0.15, -0.1) is 11.8 Å². The molecule has 3 nitrogen and oxygen atoms in total. The number of nitrogens with zero attached hydrogens (tertiary/aromatic N) is 2. The first-order valence-corrected chi connectivity index (χ1v) is 7.80. The molecule has 1 fully saturated rings. The van der Waals surface area contributed by atoms with Crippen LogP contribution >= 0.6 is 11.8 Å². The zero-order valence-corrected chi connectivity index (χ0v) is 12.2. The highest BCUT2D eigenvalue weighted by molar-refractivity contribution is 7.99. The lowest BCUT2D eigenvalue weighted by molar-refractivity contribution is -0.145. The largest absolute Gasteiger partial charge is 0.451 e. The van der Waals surface area contributed by atoms with E-state index in [1.807, 2.05) is 6.92 Å². The summed E-state index contributed by atoms with van der Waals surface area (Å²) in [6.07, 6.45) is 0.291. The Morgan fingerprint density at radius 3 is 2.60 bits per heavy atom. The molecule has 0 spiro atoms. The van der Waals surface area contributed by atoms with E-state index >= 15 is 0 Å². The number of rotatable bonds is 5. The third-order valence-electron chi connectivity index (χ3n) is 3.26. The van der Waals surface area contributed by atoms with Crippen molar-refractivity contribution in [2.75, 3.05) is 17.6 Å². The molecule has 0 saturated heterocycles. The van der Waals surface area contributed by atoms with E-state index in [0.717, 1.165) is 5.75 Å². The van der Waals surface area contributed by atoms with Crippen LogP contribution in [-0.4, -0.2) is 22.3 Å². The van der Waals surface area contributed by atoms with E-state index in [1.54, 1.807) is 6.07 Å². The molecule has 0 aliphatic heterocycles. The highest BCUT2D eigenvalue weighted by atomic mass is 32.2. The van der Waals surface area contributed by atoms with E-state index < -0.39 is 12.0 Å². The summed E-state index contributed by atoms with van der Waals surface area (Å²) < 4.78 is 38.3. The molecule has 1 saturated carbocycles. The van der Waals surface area contributed by atoms with Crippen molar-refractivity contribution in [2.45, 2.75) is 43.8 Å². The Kier molecular flexibility index (Phi) is 5.12. The molecule has 1 heterocycles. The molecule has 1 aliphatic rings. The van der Waals surface area contributed by atoms with Gasteiger partial charge in [-0.05, 0) is 25.7 Å². The van der Waals surface area contributed by atoms with E-state index in [1.165, 1.54) is 37.4 Å². The number of hydrogen-bond acceptors (Lipinski definition) is 4. The molecule has 2 rings (SSSR count). The summed E-state index contributed by atoms with van der Waals surface area (Å²) in [5.74, 6) is 0.611. The minimum absolute atomic E-state index is 0.240. The van der Waals surface area contributed by atoms with Gasteiger partial charge in [-0.2, -0.15) is 13.2 Å². The quantitative estimate of drug-likeness (QED) is 0.653. The van der Waals surface area contributed by atoms with Gasteiger partial charge in [0.25, 0.3) is 0 Å². The Balaban J connectivity index is 2.11. The van der Waals surface area contributed by atoms with Gasteiger partial charge in [0.15, 0.2) is 0 Å². The van der Waals surface area contributed by atoms with Crippen LogP contribution in [0.3, 0.4) is 0 Å². The van der Waals surface area contributed by atoms with Crippen LogP contribution in [0.4, 0.5) is 19.0 Å². The third kappa shape index (κ3) is 4.26. The first kappa shape index (κ1) is 15.4. The van der Waals surface area contributed by atoms with Crippen LogP contribution in [0.15, 0.2) is 11.1 Å². The molecule has 0 aromatic carbocycles. The molecule has 1 aliphatic carbocycles. The first-order valence-electron chi connectivity index (χ1n) is 6.82. The lowest BCUT2D eigenvalue weighted by Crippen LogP contribution is -2.14. The minimum Gasteiger partial charge on any atom is -0.370 e. The number of thioether (sulfide) groups is 1. The van der Waals surface area contributed by atoms with Gasteiger partial charge in [0.2, 0.25) is 5.82 Å². The lowest BCUT2D eigenvalue weighted by atomic mass is 10.1. The fourth-order valence-electron chi connectivity index (χ4n) is 2.28. The molecule has 1 aromatic rings. The zero-order valence-electron chi connectivity index (χ0n) is 11.3. The molecular weight excluding hydrogens is 287 g/mol. The molecule has 20 heavy (non-hydrogen) atoms. The predicted molar refractivity (Wildman–Crippen MR) is 73.9 cm³/mol. The smallest absolute Gasteiger partial charge is 0.370 e. The summed E-state index contributed by atoms with van der Waals surface area (Å²) in [5.41, 5.74) is 0. The van der Waals surface area contributed by atoms with Crippen molar-refractivity contribution in [2.24, 2.45) is 5.92 Å². The van der Waals surface area contributed by atoms with E-state index in [-0.39, 0.29) is 5.82 Å². The second-order valence-electron chi connectivity index (χ2n) is 4.90. The van der Waals surface area contributed by atoms with Gasteiger partial charge in [0.05, 0.1) is 0 Å². The molecule has 1 aromatic heterocycles. The number of aromatic nitrogens is 2. The summed E-state index contributed by atoms with van der Waals surface area (Å²) in [5, 5.41) is 3.22. The molecule has 0 radical (unpaired) electrons. The number of nitrogens with one attached hydrogen (secondary N) is 1. The summed E-state index contributed by atoms with van der Waals surface area (Å²) in [7, 11) is 0. The maximum absolute atomic E-state index is 12.8. The average molecular weight is 305 g/mol. The number of alkyl halides is 3. The lowest BCUT2D eigenvalue weighted by Gasteiger charge is -2.12. The van der Waals surface area contributed by atoms with Crippen molar-refractivity contribution in [3.05, 3.63) is 11.9 Å². The first-order chi connectivity index (χ1) is 9.49. The minimum atomic E-state index is -4.51. The van der Waals surface area contributed by atoms with Crippen LogP contribution in [0, 0.1) is 5.92 Å². The highest BCUT2D eigenvalue weighted by Crippen LogP contribution is 2.33. The fourth-order valence-corrected chi connectivity index (χ4v) is 3.36. The number of halogens is 3. The SMILES string of the molecule is CCNc1cc(SCC2CCCC2)nc(C(F)(F)F)n1. The monoisotopic (exact) mass is 305 g/mol. The molecule has 7 heteroatoms. The Morgan fingerprint density at radius 1 is 1.30 bits per heavy atom. The molecule has 0 bridgehead atoms. The maximum atomic E-state index is 12.8. The van der Waals surface area contributed by atoms with Gasteiger partial charge in [0.1, 0.15) is 10.8 Å². The fraction of sp³-hybridized carbons (Fsp3) is 0.692. The molecule has 0 unspecified atom stereocenters. The van der Waals surface area contributed by atoms with Crippen LogP contribution < -0.4 is 5.32 Å². The van der Waals surface area contributed by atoms with Gasteiger partial charge >= 0.3 is 6.18 Å². The van der Waals surface area contributed by atoms with Crippen molar-refractivity contribution in [1.29, 1.82) is 0 Å². The Labute approximate surface area is 120 Å². The summed E-state index contributed by atoms with van der Waals surface area (Å²) in [6.45, 7) is 2.35. The van der Waals surface area contributed by atoms with Crippen molar-refractivity contribution < 1.29 is 13.2 Å². The summed E-state index contributed by atoms with van der Waals surface area (Å²) >= 11 is 1.40. The van der Waals surface area contributed by atoms with Crippen LogP contribution in [0.5, 0.6) is 0 Å². The summed E-state index contributed by atoms with van der Waals surface area (Å²) in [6, 6.07) is 1.60. The van der Waals surface area contributed by atoms with Crippen LogP contribution in [0.2, 0.25) is 0 Å². The molecule has 1 N–H and O–H groups in total. The molecular formula is C13H18F3N3S. The van der Waals surface area contributed by atoms with E-state index in [9.17, 15) is 13.2 Å². The van der Waals surface area contributed by atoms with Crippen molar-refractivity contribution in [3.63, 3.8) is 0 Å². The zero-order chi connectivity index (χ0) is 14.6. The van der Waals surface area contributed by atoms with Gasteiger partial charge in [-0.3, -0.25) is 0 Å². The maximum Gasteiger partial charge on any atom is 0.451 e. The highest BCUT2D eigenvalue weighted by Gasteiger charge is 2.35. The molecule has 0 atom stereocenters.